The second-order valence-corrected chi connectivity index (χ2v) is 2.60. The smallest absolute Gasteiger partial charge is 0.198 e. The van der Waals surface area contributed by atoms with Crippen LogP contribution in [0.15, 0.2) is 12.3 Å². The Morgan fingerprint density at radius 3 is 3.00 bits per heavy atom. The monoisotopic (exact) mass is 178 g/mol. The molecule has 66 valence electrons. The molecule has 4 heteroatoms. The summed E-state index contributed by atoms with van der Waals surface area (Å²) in [6.07, 6.45) is 1.06. The van der Waals surface area contributed by atoms with E-state index in [9.17, 15) is 9.18 Å². The van der Waals surface area contributed by atoms with E-state index >= 15 is 0 Å². The Bertz CT molecular complexity index is 382. The van der Waals surface area contributed by atoms with E-state index in [1.165, 1.54) is 12.3 Å². The van der Waals surface area contributed by atoms with Crippen molar-refractivity contribution < 1.29 is 9.18 Å². The minimum absolute atomic E-state index is 0.257. The molecule has 13 heavy (non-hydrogen) atoms. The summed E-state index contributed by atoms with van der Waals surface area (Å²) in [5, 5.41) is 8.22. The molecular formula is C9H7FN2O. The number of aromatic nitrogens is 1. The Balaban J connectivity index is 3.03. The molecule has 0 aromatic carbocycles. The molecule has 3 nitrogen and oxygen atoms in total. The van der Waals surface area contributed by atoms with E-state index in [4.69, 9.17) is 5.26 Å². The number of aryl methyl sites for hydroxylation is 1. The molecule has 1 rings (SSSR count). The number of ketones is 1. The predicted octanol–water partition coefficient (Wildman–Crippen LogP) is 1.63. The van der Waals surface area contributed by atoms with Crippen LogP contribution in [0.3, 0.4) is 0 Å². The van der Waals surface area contributed by atoms with Crippen molar-refractivity contribution in [3.63, 3.8) is 0 Å². The Morgan fingerprint density at radius 2 is 2.46 bits per heavy atom. The van der Waals surface area contributed by atoms with Crippen LogP contribution in [-0.2, 0) is 0 Å². The zero-order valence-corrected chi connectivity index (χ0v) is 7.04. The number of pyridine rings is 1. The lowest BCUT2D eigenvalue weighted by atomic mass is 10.2. The van der Waals surface area contributed by atoms with Crippen molar-refractivity contribution in [2.45, 2.75) is 13.3 Å². The van der Waals surface area contributed by atoms with E-state index in [-0.39, 0.29) is 12.1 Å². The molecule has 1 heterocycles. The van der Waals surface area contributed by atoms with Gasteiger partial charge in [-0.2, -0.15) is 5.26 Å². The maximum atomic E-state index is 13.0. The number of hydrogen-bond acceptors (Lipinski definition) is 3. The Kier molecular flexibility index (Phi) is 2.70. The van der Waals surface area contributed by atoms with Gasteiger partial charge in [0, 0.05) is 6.20 Å². The van der Waals surface area contributed by atoms with Gasteiger partial charge in [-0.1, -0.05) is 0 Å². The summed E-state index contributed by atoms with van der Waals surface area (Å²) in [5.74, 6) is -1.25. The highest BCUT2D eigenvalue weighted by Crippen LogP contribution is 2.08. The summed E-state index contributed by atoms with van der Waals surface area (Å²) in [5.41, 5.74) is 0.387. The van der Waals surface area contributed by atoms with Gasteiger partial charge < -0.3 is 0 Å². The number of Topliss-reactive ketones (excluding diaryl/α,β-unsaturated/α-hetero) is 1. The summed E-state index contributed by atoms with van der Waals surface area (Å²) in [7, 11) is 0. The van der Waals surface area contributed by atoms with E-state index in [0.29, 0.717) is 5.56 Å². The second-order valence-electron chi connectivity index (χ2n) is 2.60. The molecule has 0 aliphatic heterocycles. The lowest BCUT2D eigenvalue weighted by Gasteiger charge is -1.98. The van der Waals surface area contributed by atoms with Crippen molar-refractivity contribution in [3.8, 4) is 6.07 Å². The third-order valence-electron chi connectivity index (χ3n) is 1.48. The van der Waals surface area contributed by atoms with Crippen LogP contribution in [0.1, 0.15) is 22.5 Å². The average Bonchev–Trinajstić information content (AvgIpc) is 2.04. The SMILES string of the molecule is Cc1cnc(C(=O)CC#N)c(F)c1. The van der Waals surface area contributed by atoms with Crippen molar-refractivity contribution in [2.75, 3.05) is 0 Å². The van der Waals surface area contributed by atoms with Crippen molar-refractivity contribution in [2.24, 2.45) is 0 Å². The minimum atomic E-state index is -0.666. The van der Waals surface area contributed by atoms with Crippen LogP contribution < -0.4 is 0 Å². The fraction of sp³-hybridized carbons (Fsp3) is 0.222. The number of rotatable bonds is 2. The molecule has 0 saturated heterocycles. The minimum Gasteiger partial charge on any atom is -0.291 e. The highest BCUT2D eigenvalue weighted by molar-refractivity contribution is 5.95. The molecule has 0 radical (unpaired) electrons. The van der Waals surface area contributed by atoms with Crippen LogP contribution in [0.4, 0.5) is 4.39 Å². The van der Waals surface area contributed by atoms with Gasteiger partial charge >= 0.3 is 0 Å². The molecule has 0 unspecified atom stereocenters. The van der Waals surface area contributed by atoms with Crippen LogP contribution in [0.2, 0.25) is 0 Å². The molecule has 0 N–H and O–H groups in total. The molecule has 1 aromatic rings. The number of halogens is 1. The van der Waals surface area contributed by atoms with Crippen LogP contribution >= 0.6 is 0 Å². The van der Waals surface area contributed by atoms with Gasteiger partial charge in [-0.25, -0.2) is 9.37 Å². The summed E-state index contributed by atoms with van der Waals surface area (Å²) in [4.78, 5) is 14.7. The van der Waals surface area contributed by atoms with Crippen molar-refractivity contribution in [1.29, 1.82) is 5.26 Å². The van der Waals surface area contributed by atoms with E-state index in [2.05, 4.69) is 4.98 Å². The predicted molar refractivity (Wildman–Crippen MR) is 43.5 cm³/mol. The summed E-state index contributed by atoms with van der Waals surface area (Å²) in [6.45, 7) is 1.68. The first-order valence-corrected chi connectivity index (χ1v) is 3.67. The fourth-order valence-electron chi connectivity index (χ4n) is 0.894. The van der Waals surface area contributed by atoms with Crippen molar-refractivity contribution >= 4 is 5.78 Å². The topological polar surface area (TPSA) is 53.8 Å². The van der Waals surface area contributed by atoms with Gasteiger partial charge in [0.1, 0.15) is 12.1 Å². The third kappa shape index (κ3) is 2.09. The van der Waals surface area contributed by atoms with Gasteiger partial charge in [0.05, 0.1) is 6.07 Å². The fourth-order valence-corrected chi connectivity index (χ4v) is 0.894. The summed E-state index contributed by atoms with van der Waals surface area (Å²) < 4.78 is 13.0. The quantitative estimate of drug-likeness (QED) is 0.646. The lowest BCUT2D eigenvalue weighted by Crippen LogP contribution is -2.04. The Labute approximate surface area is 74.8 Å². The third-order valence-corrected chi connectivity index (χ3v) is 1.48. The highest BCUT2D eigenvalue weighted by atomic mass is 19.1. The largest absolute Gasteiger partial charge is 0.291 e. The Morgan fingerprint density at radius 1 is 1.77 bits per heavy atom. The molecule has 0 spiro atoms. The van der Waals surface area contributed by atoms with Crippen molar-refractivity contribution in [1.82, 2.24) is 4.98 Å². The van der Waals surface area contributed by atoms with Gasteiger partial charge in [-0.15, -0.1) is 0 Å². The summed E-state index contributed by atoms with van der Waals surface area (Å²) in [6, 6.07) is 2.87. The number of hydrogen-bond donors (Lipinski definition) is 0. The zero-order chi connectivity index (χ0) is 9.84. The van der Waals surface area contributed by atoms with E-state index in [1.54, 1.807) is 13.0 Å². The molecule has 0 aliphatic carbocycles. The first-order valence-electron chi connectivity index (χ1n) is 3.67. The number of carbonyl (C=O) groups excluding carboxylic acids is 1. The highest BCUT2D eigenvalue weighted by Gasteiger charge is 2.12. The molecule has 0 aliphatic rings. The van der Waals surface area contributed by atoms with Gasteiger partial charge in [0.15, 0.2) is 11.6 Å². The lowest BCUT2D eigenvalue weighted by molar-refractivity contribution is 0.0988. The number of nitriles is 1. The molecule has 0 atom stereocenters. The first kappa shape index (κ1) is 9.33. The maximum absolute atomic E-state index is 13.0. The maximum Gasteiger partial charge on any atom is 0.198 e. The Hall–Kier alpha value is -1.76. The van der Waals surface area contributed by atoms with Crippen LogP contribution in [0.5, 0.6) is 0 Å². The molecule has 0 bridgehead atoms. The van der Waals surface area contributed by atoms with Crippen molar-refractivity contribution in [3.05, 3.63) is 29.3 Å². The van der Waals surface area contributed by atoms with E-state index < -0.39 is 11.6 Å². The first-order chi connectivity index (χ1) is 6.15. The van der Waals surface area contributed by atoms with Gasteiger partial charge in [0.25, 0.3) is 0 Å². The zero-order valence-electron chi connectivity index (χ0n) is 7.04. The van der Waals surface area contributed by atoms with Gasteiger partial charge in [-0.3, -0.25) is 4.79 Å². The van der Waals surface area contributed by atoms with Crippen LogP contribution in [0, 0.1) is 24.1 Å². The molecular weight excluding hydrogens is 171 g/mol. The molecule has 0 saturated carbocycles. The van der Waals surface area contributed by atoms with Crippen LogP contribution in [0.25, 0.3) is 0 Å². The molecule has 0 fully saturated rings. The second kappa shape index (κ2) is 3.76. The van der Waals surface area contributed by atoms with Crippen LogP contribution in [-0.4, -0.2) is 10.8 Å². The van der Waals surface area contributed by atoms with Gasteiger partial charge in [-0.05, 0) is 18.6 Å². The van der Waals surface area contributed by atoms with E-state index in [1.807, 2.05) is 0 Å². The standard InChI is InChI=1S/C9H7FN2O/c1-6-4-7(10)9(12-5-6)8(13)2-3-11/h4-5H,2H2,1H3. The average molecular weight is 178 g/mol. The normalized spacial score (nSPS) is 9.31. The van der Waals surface area contributed by atoms with E-state index in [0.717, 1.165) is 0 Å². The number of nitrogens with zero attached hydrogens (tertiary/aromatic N) is 2. The number of carbonyl (C=O) groups is 1. The summed E-state index contributed by atoms with van der Waals surface area (Å²) >= 11 is 0. The molecule has 1 aromatic heterocycles. The van der Waals surface area contributed by atoms with Gasteiger partial charge in [0.2, 0.25) is 0 Å². The molecule has 0 amide bonds.